The maximum absolute atomic E-state index is 13.3. The number of rotatable bonds is 4. The molecular weight excluding hydrogens is 408 g/mol. The highest BCUT2D eigenvalue weighted by Crippen LogP contribution is 2.48. The van der Waals surface area contributed by atoms with Crippen LogP contribution in [0.5, 0.6) is 0 Å². The van der Waals surface area contributed by atoms with E-state index < -0.39 is 6.16 Å². The Labute approximate surface area is 176 Å². The first-order valence-corrected chi connectivity index (χ1v) is 11.7. The third-order valence-electron chi connectivity index (χ3n) is 6.19. The molecule has 2 bridgehead atoms. The molecule has 0 atom stereocenters. The molecule has 2 aromatic heterocycles. The summed E-state index contributed by atoms with van der Waals surface area (Å²) >= 11 is 3.24. The molecule has 1 fully saturated rings. The molecule has 0 aromatic carbocycles. The molecule has 6 nitrogen and oxygen atoms in total. The van der Waals surface area contributed by atoms with Crippen molar-refractivity contribution in [2.45, 2.75) is 51.9 Å². The van der Waals surface area contributed by atoms with Crippen LogP contribution in [0.1, 0.15) is 48.2 Å². The Morgan fingerprint density at radius 1 is 1.21 bits per heavy atom. The van der Waals surface area contributed by atoms with Gasteiger partial charge in [-0.25, -0.2) is 9.78 Å². The van der Waals surface area contributed by atoms with Gasteiger partial charge in [0.25, 0.3) is 5.91 Å². The Balaban J connectivity index is 1.52. The number of aromatic nitrogens is 1. The van der Waals surface area contributed by atoms with Gasteiger partial charge < -0.3 is 15.2 Å². The Morgan fingerprint density at radius 2 is 1.97 bits per heavy atom. The number of thiazole rings is 1. The Hall–Kier alpha value is -2.19. The molecule has 2 heterocycles. The van der Waals surface area contributed by atoms with E-state index in [0.29, 0.717) is 11.3 Å². The molecule has 4 aliphatic carbocycles. The van der Waals surface area contributed by atoms with Gasteiger partial charge in [-0.15, -0.1) is 22.7 Å². The fraction of sp³-hybridized carbons (Fsp3) is 0.476. The van der Waals surface area contributed by atoms with E-state index in [1.54, 1.807) is 22.7 Å². The zero-order chi connectivity index (χ0) is 20.1. The maximum atomic E-state index is 13.3. The molecule has 0 saturated heterocycles. The molecular formula is C21H22N2O4S2. The fourth-order valence-corrected chi connectivity index (χ4v) is 7.18. The minimum absolute atomic E-state index is 0.0336. The third-order valence-corrected chi connectivity index (χ3v) is 8.38. The van der Waals surface area contributed by atoms with Crippen molar-refractivity contribution in [3.05, 3.63) is 32.8 Å². The SMILES string of the molecule is Cc1csc(-c2c(NC(=O)C3=C(OC(=O)O)C4CCC3CC4)sc3c2CCC3)n1. The fourth-order valence-electron chi connectivity index (χ4n) is 4.95. The van der Waals surface area contributed by atoms with Gasteiger partial charge in [0.1, 0.15) is 15.8 Å². The highest BCUT2D eigenvalue weighted by atomic mass is 32.1. The zero-order valence-electron chi connectivity index (χ0n) is 16.1. The Kier molecular flexibility index (Phi) is 4.70. The van der Waals surface area contributed by atoms with Crippen LogP contribution in [-0.2, 0) is 22.4 Å². The molecule has 152 valence electrons. The number of allylic oxidation sites excluding steroid dienone is 1. The topological polar surface area (TPSA) is 88.5 Å². The molecule has 0 spiro atoms. The molecule has 29 heavy (non-hydrogen) atoms. The summed E-state index contributed by atoms with van der Waals surface area (Å²) in [5.41, 5.74) is 3.87. The molecule has 4 aliphatic rings. The van der Waals surface area contributed by atoms with Crippen molar-refractivity contribution in [3.63, 3.8) is 0 Å². The molecule has 2 aromatic rings. The summed E-state index contributed by atoms with van der Waals surface area (Å²) in [4.78, 5) is 30.5. The molecule has 1 amide bonds. The normalized spacial score (nSPS) is 22.7. The summed E-state index contributed by atoms with van der Waals surface area (Å²) in [6, 6.07) is 0. The number of fused-ring (bicyclic) bond motifs is 3. The van der Waals surface area contributed by atoms with Crippen molar-refractivity contribution >= 4 is 39.7 Å². The van der Waals surface area contributed by atoms with Crippen molar-refractivity contribution < 1.29 is 19.4 Å². The van der Waals surface area contributed by atoms with Gasteiger partial charge in [-0.1, -0.05) is 0 Å². The van der Waals surface area contributed by atoms with Gasteiger partial charge in [0.2, 0.25) is 0 Å². The van der Waals surface area contributed by atoms with Crippen LogP contribution in [0.15, 0.2) is 16.7 Å². The number of carboxylic acid groups (broad SMARTS) is 1. The summed E-state index contributed by atoms with van der Waals surface area (Å²) < 4.78 is 5.10. The van der Waals surface area contributed by atoms with E-state index in [1.807, 2.05) is 12.3 Å². The number of carbonyl (C=O) groups is 2. The summed E-state index contributed by atoms with van der Waals surface area (Å²) in [5, 5.41) is 16.1. The average molecular weight is 431 g/mol. The number of aryl methyl sites for hydroxylation is 2. The Bertz CT molecular complexity index is 1030. The van der Waals surface area contributed by atoms with Gasteiger partial charge in [0.05, 0.1) is 5.57 Å². The van der Waals surface area contributed by atoms with Crippen molar-refractivity contribution in [1.82, 2.24) is 4.98 Å². The number of carbonyl (C=O) groups excluding carboxylic acids is 1. The highest BCUT2D eigenvalue weighted by Gasteiger charge is 2.41. The summed E-state index contributed by atoms with van der Waals surface area (Å²) in [6.45, 7) is 1.98. The van der Waals surface area contributed by atoms with E-state index in [9.17, 15) is 9.59 Å². The number of ether oxygens (including phenoxy) is 1. The maximum Gasteiger partial charge on any atom is 0.511 e. The number of nitrogens with zero attached hydrogens (tertiary/aromatic N) is 1. The molecule has 0 unspecified atom stereocenters. The monoisotopic (exact) mass is 430 g/mol. The predicted molar refractivity (Wildman–Crippen MR) is 112 cm³/mol. The van der Waals surface area contributed by atoms with Gasteiger partial charge in [0.15, 0.2) is 0 Å². The average Bonchev–Trinajstić information content (AvgIpc) is 3.38. The second-order valence-corrected chi connectivity index (χ2v) is 9.97. The van der Waals surface area contributed by atoms with Crippen LogP contribution in [0.25, 0.3) is 10.6 Å². The van der Waals surface area contributed by atoms with Crippen LogP contribution in [0, 0.1) is 18.8 Å². The largest absolute Gasteiger partial charge is 0.511 e. The van der Waals surface area contributed by atoms with E-state index in [0.717, 1.165) is 66.2 Å². The number of nitrogens with one attached hydrogen (secondary N) is 1. The van der Waals surface area contributed by atoms with Gasteiger partial charge in [0, 0.05) is 27.4 Å². The lowest BCUT2D eigenvalue weighted by molar-refractivity contribution is -0.114. The molecule has 0 aliphatic heterocycles. The number of anilines is 1. The lowest BCUT2D eigenvalue weighted by Crippen LogP contribution is -2.34. The van der Waals surface area contributed by atoms with Crippen molar-refractivity contribution in [2.75, 3.05) is 5.32 Å². The van der Waals surface area contributed by atoms with Crippen molar-refractivity contribution in [1.29, 1.82) is 0 Å². The van der Waals surface area contributed by atoms with Crippen LogP contribution in [0.4, 0.5) is 9.80 Å². The van der Waals surface area contributed by atoms with Crippen LogP contribution < -0.4 is 5.32 Å². The smallest absolute Gasteiger partial charge is 0.449 e. The second kappa shape index (κ2) is 7.25. The van der Waals surface area contributed by atoms with E-state index in [2.05, 4.69) is 10.3 Å². The van der Waals surface area contributed by atoms with Gasteiger partial charge in [-0.05, 0) is 63.4 Å². The minimum Gasteiger partial charge on any atom is -0.449 e. The van der Waals surface area contributed by atoms with Crippen LogP contribution >= 0.6 is 22.7 Å². The quantitative estimate of drug-likeness (QED) is 0.636. The molecule has 0 radical (unpaired) electrons. The highest BCUT2D eigenvalue weighted by molar-refractivity contribution is 7.18. The van der Waals surface area contributed by atoms with Crippen LogP contribution in [0.2, 0.25) is 0 Å². The third kappa shape index (κ3) is 3.28. The van der Waals surface area contributed by atoms with E-state index >= 15 is 0 Å². The van der Waals surface area contributed by atoms with Gasteiger partial charge >= 0.3 is 6.16 Å². The van der Waals surface area contributed by atoms with E-state index in [-0.39, 0.29) is 17.7 Å². The number of amides is 1. The zero-order valence-corrected chi connectivity index (χ0v) is 17.8. The number of hydrogen-bond donors (Lipinski definition) is 2. The second-order valence-electron chi connectivity index (χ2n) is 8.00. The first kappa shape index (κ1) is 18.8. The lowest BCUT2D eigenvalue weighted by atomic mass is 9.70. The minimum atomic E-state index is -1.34. The van der Waals surface area contributed by atoms with Crippen LogP contribution in [0.3, 0.4) is 0 Å². The first-order valence-electron chi connectivity index (χ1n) is 10.0. The molecule has 6 rings (SSSR count). The van der Waals surface area contributed by atoms with E-state index in [4.69, 9.17) is 9.84 Å². The summed E-state index contributed by atoms with van der Waals surface area (Å²) in [7, 11) is 0. The van der Waals surface area contributed by atoms with Crippen molar-refractivity contribution in [3.8, 4) is 10.6 Å². The van der Waals surface area contributed by atoms with Crippen LogP contribution in [-0.4, -0.2) is 22.2 Å². The molecule has 8 heteroatoms. The molecule has 2 N–H and O–H groups in total. The summed E-state index contributed by atoms with van der Waals surface area (Å²) in [6.07, 6.45) is 5.45. The standard InChI is InChI=1S/C21H22N2O4S2/c1-10-9-28-19(22-10)16-13-3-2-4-14(13)29-20(16)23-18(24)15-11-5-7-12(8-6-11)17(15)27-21(25)26/h9,11-12H,2-8H2,1H3,(H,23,24)(H,25,26). The first-order chi connectivity index (χ1) is 14.0. The van der Waals surface area contributed by atoms with Crippen molar-refractivity contribution in [2.24, 2.45) is 11.8 Å². The van der Waals surface area contributed by atoms with Gasteiger partial charge in [-0.2, -0.15) is 0 Å². The van der Waals surface area contributed by atoms with E-state index in [1.165, 1.54) is 10.4 Å². The summed E-state index contributed by atoms with van der Waals surface area (Å²) in [5.74, 6) is 0.260. The Morgan fingerprint density at radius 3 is 2.66 bits per heavy atom. The van der Waals surface area contributed by atoms with Gasteiger partial charge in [-0.3, -0.25) is 4.79 Å². The number of thiophene rings is 1. The number of hydrogen-bond acceptors (Lipinski definition) is 6. The predicted octanol–water partition coefficient (Wildman–Crippen LogP) is 5.38. The molecule has 1 saturated carbocycles. The lowest BCUT2D eigenvalue weighted by Gasteiger charge is -2.37.